The Hall–Kier alpha value is -1.04. The van der Waals surface area contributed by atoms with Crippen molar-refractivity contribution in [2.24, 2.45) is 5.73 Å². The Kier molecular flexibility index (Phi) is 4.61. The average Bonchev–Trinajstić information content (AvgIpc) is 2.26. The number of primary amides is 1. The van der Waals surface area contributed by atoms with Crippen LogP contribution in [0.2, 0.25) is 0 Å². The molecule has 0 atom stereocenters. The first kappa shape index (κ1) is 12.0. The van der Waals surface area contributed by atoms with Crippen molar-refractivity contribution >= 4 is 17.7 Å². The predicted molar refractivity (Wildman–Crippen MR) is 58.6 cm³/mol. The van der Waals surface area contributed by atoms with Gasteiger partial charge in [0, 0.05) is 19.1 Å². The van der Waals surface area contributed by atoms with E-state index >= 15 is 0 Å². The maximum Gasteiger partial charge on any atom is 0.249 e. The highest BCUT2D eigenvalue weighted by Crippen LogP contribution is 2.27. The van der Waals surface area contributed by atoms with Crippen LogP contribution in [-0.2, 0) is 9.47 Å². The first-order chi connectivity index (χ1) is 7.19. The van der Waals surface area contributed by atoms with Gasteiger partial charge in [0.05, 0.1) is 5.56 Å². The first-order valence-electron chi connectivity index (χ1n) is 4.30. The molecule has 4 nitrogen and oxygen atoms in total. The summed E-state index contributed by atoms with van der Waals surface area (Å²) in [7, 11) is 3.07. The van der Waals surface area contributed by atoms with Crippen LogP contribution in [0.1, 0.15) is 10.4 Å². The Bertz CT molecular complexity index is 339. The van der Waals surface area contributed by atoms with E-state index in [4.69, 9.17) is 15.2 Å². The number of benzene rings is 1. The van der Waals surface area contributed by atoms with Gasteiger partial charge in [0.15, 0.2) is 0 Å². The van der Waals surface area contributed by atoms with E-state index in [9.17, 15) is 4.79 Å². The van der Waals surface area contributed by atoms with Crippen molar-refractivity contribution in [3.05, 3.63) is 29.8 Å². The largest absolute Gasteiger partial charge is 0.366 e. The minimum Gasteiger partial charge on any atom is -0.366 e. The highest BCUT2D eigenvalue weighted by molar-refractivity contribution is 7.99. The minimum atomic E-state index is -0.455. The second-order valence-electron chi connectivity index (χ2n) is 2.74. The van der Waals surface area contributed by atoms with Crippen molar-refractivity contribution in [2.45, 2.75) is 10.5 Å². The molecule has 5 heteroatoms. The van der Waals surface area contributed by atoms with Crippen molar-refractivity contribution in [2.75, 3.05) is 14.2 Å². The van der Waals surface area contributed by atoms with Crippen LogP contribution in [-0.4, -0.2) is 25.7 Å². The summed E-state index contributed by atoms with van der Waals surface area (Å²) in [5.41, 5.74) is 5.27. The third-order valence-electron chi connectivity index (χ3n) is 1.76. The molecule has 1 amide bonds. The van der Waals surface area contributed by atoms with Crippen molar-refractivity contribution in [3.63, 3.8) is 0 Å². The number of thioether (sulfide) groups is 1. The van der Waals surface area contributed by atoms with E-state index in [1.54, 1.807) is 18.2 Å². The van der Waals surface area contributed by atoms with Gasteiger partial charge in [0.25, 0.3) is 0 Å². The molecule has 0 spiro atoms. The van der Waals surface area contributed by atoms with E-state index in [0.29, 0.717) is 5.56 Å². The number of nitrogens with two attached hydrogens (primary N) is 1. The maximum absolute atomic E-state index is 11.1. The number of rotatable bonds is 5. The van der Waals surface area contributed by atoms with Crippen molar-refractivity contribution in [1.82, 2.24) is 0 Å². The van der Waals surface area contributed by atoms with Crippen LogP contribution in [0, 0.1) is 0 Å². The number of carbonyl (C=O) groups excluding carboxylic acids is 1. The minimum absolute atomic E-state index is 0.439. The Balaban J connectivity index is 2.88. The van der Waals surface area contributed by atoms with Gasteiger partial charge in [-0.2, -0.15) is 0 Å². The first-order valence-corrected chi connectivity index (χ1v) is 5.18. The van der Waals surface area contributed by atoms with Crippen LogP contribution in [0.15, 0.2) is 29.2 Å². The molecular weight excluding hydrogens is 214 g/mol. The molecule has 0 aromatic heterocycles. The normalized spacial score (nSPS) is 10.6. The number of hydrogen-bond acceptors (Lipinski definition) is 4. The summed E-state index contributed by atoms with van der Waals surface area (Å²) in [5.74, 6) is -0.455. The van der Waals surface area contributed by atoms with E-state index in [2.05, 4.69) is 0 Å². The maximum atomic E-state index is 11.1. The van der Waals surface area contributed by atoms with Crippen molar-refractivity contribution < 1.29 is 14.3 Å². The van der Waals surface area contributed by atoms with E-state index in [1.807, 2.05) is 6.07 Å². The predicted octanol–water partition coefficient (Wildman–Crippen LogP) is 1.45. The van der Waals surface area contributed by atoms with Gasteiger partial charge in [-0.1, -0.05) is 23.9 Å². The molecule has 1 aromatic rings. The zero-order valence-electron chi connectivity index (χ0n) is 8.60. The molecule has 0 bridgehead atoms. The Morgan fingerprint density at radius 1 is 1.33 bits per heavy atom. The van der Waals surface area contributed by atoms with Crippen molar-refractivity contribution in [1.29, 1.82) is 0 Å². The molecule has 0 radical (unpaired) electrons. The topological polar surface area (TPSA) is 61.6 Å². The van der Waals surface area contributed by atoms with Crippen LogP contribution in [0.3, 0.4) is 0 Å². The Morgan fingerprint density at radius 2 is 1.93 bits per heavy atom. The molecular formula is C10H13NO3S. The van der Waals surface area contributed by atoms with Crippen LogP contribution >= 0.6 is 11.8 Å². The fourth-order valence-corrected chi connectivity index (χ4v) is 1.92. The quantitative estimate of drug-likeness (QED) is 0.611. The highest BCUT2D eigenvalue weighted by Gasteiger charge is 2.13. The summed E-state index contributed by atoms with van der Waals surface area (Å²) >= 11 is 1.30. The third-order valence-corrected chi connectivity index (χ3v) is 2.95. The molecule has 0 unspecified atom stereocenters. The van der Waals surface area contributed by atoms with Crippen molar-refractivity contribution in [3.8, 4) is 0 Å². The zero-order valence-corrected chi connectivity index (χ0v) is 9.41. The fourth-order valence-electron chi connectivity index (χ4n) is 1.07. The lowest BCUT2D eigenvalue weighted by Crippen LogP contribution is -2.14. The van der Waals surface area contributed by atoms with Gasteiger partial charge in [-0.3, -0.25) is 4.79 Å². The summed E-state index contributed by atoms with van der Waals surface area (Å²) in [5, 5.41) is 0. The van der Waals surface area contributed by atoms with E-state index in [0.717, 1.165) is 4.90 Å². The van der Waals surface area contributed by atoms with Gasteiger partial charge in [-0.15, -0.1) is 0 Å². The number of carbonyl (C=O) groups is 1. The second kappa shape index (κ2) is 5.75. The molecule has 2 N–H and O–H groups in total. The van der Waals surface area contributed by atoms with E-state index in [1.165, 1.54) is 26.0 Å². The average molecular weight is 227 g/mol. The number of amides is 1. The highest BCUT2D eigenvalue weighted by atomic mass is 32.2. The van der Waals surface area contributed by atoms with E-state index < -0.39 is 11.5 Å². The molecule has 0 fully saturated rings. The summed E-state index contributed by atoms with van der Waals surface area (Å²) in [6.45, 7) is 0. The molecule has 0 saturated carbocycles. The number of ether oxygens (including phenoxy) is 2. The van der Waals surface area contributed by atoms with E-state index in [-0.39, 0.29) is 0 Å². The standard InChI is InChI=1S/C10H13NO3S/c1-13-10(14-2)15-8-6-4-3-5-7(8)9(11)12/h3-6,10H,1-2H3,(H2,11,12). The smallest absolute Gasteiger partial charge is 0.249 e. The monoisotopic (exact) mass is 227 g/mol. The molecule has 0 aliphatic carbocycles. The summed E-state index contributed by atoms with van der Waals surface area (Å²) in [6, 6.07) is 7.07. The van der Waals surface area contributed by atoms with Gasteiger partial charge in [-0.25, -0.2) is 0 Å². The number of methoxy groups -OCH3 is 2. The molecule has 0 heterocycles. The summed E-state index contributed by atoms with van der Waals surface area (Å²) in [6.07, 6.45) is 0. The van der Waals surface area contributed by atoms with Gasteiger partial charge >= 0.3 is 0 Å². The summed E-state index contributed by atoms with van der Waals surface area (Å²) in [4.78, 5) is 11.9. The van der Waals surface area contributed by atoms with Gasteiger partial charge < -0.3 is 15.2 Å². The SMILES string of the molecule is COC(OC)Sc1ccccc1C(N)=O. The third kappa shape index (κ3) is 3.23. The lowest BCUT2D eigenvalue weighted by Gasteiger charge is -2.13. The van der Waals surface area contributed by atoms with Gasteiger partial charge in [0.1, 0.15) is 0 Å². The number of hydrogen-bond donors (Lipinski definition) is 1. The van der Waals surface area contributed by atoms with Crippen LogP contribution in [0.25, 0.3) is 0 Å². The van der Waals surface area contributed by atoms with Crippen LogP contribution < -0.4 is 5.73 Å². The molecule has 0 aliphatic rings. The zero-order chi connectivity index (χ0) is 11.3. The molecule has 1 rings (SSSR count). The molecule has 1 aromatic carbocycles. The Morgan fingerprint density at radius 3 is 2.47 bits per heavy atom. The summed E-state index contributed by atoms with van der Waals surface area (Å²) < 4.78 is 10.1. The lowest BCUT2D eigenvalue weighted by atomic mass is 10.2. The fraction of sp³-hybridized carbons (Fsp3) is 0.300. The lowest BCUT2D eigenvalue weighted by molar-refractivity contribution is -0.0343. The molecule has 15 heavy (non-hydrogen) atoms. The van der Waals surface area contributed by atoms with Gasteiger partial charge in [0.2, 0.25) is 11.5 Å². The second-order valence-corrected chi connectivity index (χ2v) is 3.80. The molecule has 0 aliphatic heterocycles. The Labute approximate surface area is 92.7 Å². The van der Waals surface area contributed by atoms with Crippen LogP contribution in [0.4, 0.5) is 0 Å². The van der Waals surface area contributed by atoms with Crippen LogP contribution in [0.5, 0.6) is 0 Å². The molecule has 0 saturated heterocycles. The molecule has 82 valence electrons. The van der Waals surface area contributed by atoms with Gasteiger partial charge in [-0.05, 0) is 12.1 Å².